The monoisotopic (exact) mass is 261 g/mol. The summed E-state index contributed by atoms with van der Waals surface area (Å²) < 4.78 is 37.1. The van der Waals surface area contributed by atoms with E-state index in [9.17, 15) is 18.0 Å². The van der Waals surface area contributed by atoms with Crippen LogP contribution in [0.25, 0.3) is 0 Å². The van der Waals surface area contributed by atoms with Gasteiger partial charge in [-0.25, -0.2) is 0 Å². The highest BCUT2D eigenvalue weighted by Gasteiger charge is 2.41. The van der Waals surface area contributed by atoms with Crippen molar-refractivity contribution >= 4 is 18.4 Å². The Morgan fingerprint density at radius 2 is 2.06 bits per heavy atom. The minimum absolute atomic E-state index is 0. The molecule has 1 heterocycles. The van der Waals surface area contributed by atoms with E-state index < -0.39 is 18.1 Å². The molecule has 96 valence electrons. The van der Waals surface area contributed by atoms with E-state index in [0.29, 0.717) is 13.0 Å². The quantitative estimate of drug-likeness (QED) is 0.846. The molecule has 1 N–H and O–H groups in total. The fourth-order valence-corrected chi connectivity index (χ4v) is 1.78. The Labute approximate surface area is 98.0 Å². The van der Waals surface area contributed by atoms with E-state index in [-0.39, 0.29) is 38.3 Å². The van der Waals surface area contributed by atoms with Gasteiger partial charge in [-0.1, -0.05) is 0 Å². The molecule has 0 aromatic carbocycles. The lowest BCUT2D eigenvalue weighted by atomic mass is 9.97. The molecule has 0 aromatic rings. The first-order chi connectivity index (χ1) is 6.89. The van der Waals surface area contributed by atoms with Crippen LogP contribution in [-0.4, -0.2) is 41.8 Å². The van der Waals surface area contributed by atoms with Crippen LogP contribution in [-0.2, 0) is 4.79 Å². The lowest BCUT2D eigenvalue weighted by molar-refractivity contribution is -0.186. The number of carboxylic acid groups (broad SMARTS) is 1. The van der Waals surface area contributed by atoms with Crippen LogP contribution in [0.3, 0.4) is 0 Å². The minimum Gasteiger partial charge on any atom is -0.481 e. The van der Waals surface area contributed by atoms with Gasteiger partial charge >= 0.3 is 12.1 Å². The smallest absolute Gasteiger partial charge is 0.393 e. The maximum atomic E-state index is 12.4. The van der Waals surface area contributed by atoms with Crippen molar-refractivity contribution in [2.45, 2.75) is 25.4 Å². The predicted molar refractivity (Wildman–Crippen MR) is 54.7 cm³/mol. The average molecular weight is 262 g/mol. The molecule has 0 bridgehead atoms. The lowest BCUT2D eigenvalue weighted by Crippen LogP contribution is -2.42. The molecule has 1 fully saturated rings. The fraction of sp³-hybridized carbons (Fsp3) is 0.889. The van der Waals surface area contributed by atoms with Crippen LogP contribution in [0.5, 0.6) is 0 Å². The summed E-state index contributed by atoms with van der Waals surface area (Å²) in [5, 5.41) is 8.42. The van der Waals surface area contributed by atoms with Crippen LogP contribution >= 0.6 is 12.4 Å². The predicted octanol–water partition coefficient (Wildman–Crippen LogP) is 2.16. The SMILES string of the molecule is Cl.O=C(O)CCN1CCCC(C(F)(F)F)C1. The van der Waals surface area contributed by atoms with Crippen LogP contribution < -0.4 is 0 Å². The summed E-state index contributed by atoms with van der Waals surface area (Å²) in [5.41, 5.74) is 0. The van der Waals surface area contributed by atoms with Gasteiger partial charge in [-0.2, -0.15) is 13.2 Å². The van der Waals surface area contributed by atoms with Crippen LogP contribution in [0.15, 0.2) is 0 Å². The second-order valence-corrected chi connectivity index (χ2v) is 3.83. The molecule has 16 heavy (non-hydrogen) atoms. The Kier molecular flexibility index (Phi) is 6.10. The molecular weight excluding hydrogens is 247 g/mol. The third-order valence-corrected chi connectivity index (χ3v) is 2.61. The Balaban J connectivity index is 0.00000225. The van der Waals surface area contributed by atoms with E-state index in [4.69, 9.17) is 5.11 Å². The molecule has 7 heteroatoms. The van der Waals surface area contributed by atoms with E-state index in [1.54, 1.807) is 4.90 Å². The highest BCUT2D eigenvalue weighted by Crippen LogP contribution is 2.32. The molecule has 1 aliphatic rings. The van der Waals surface area contributed by atoms with Gasteiger partial charge in [-0.15, -0.1) is 12.4 Å². The zero-order valence-corrected chi connectivity index (χ0v) is 9.48. The molecule has 1 aliphatic heterocycles. The molecule has 1 unspecified atom stereocenters. The van der Waals surface area contributed by atoms with E-state index in [0.717, 1.165) is 0 Å². The van der Waals surface area contributed by atoms with Crippen molar-refractivity contribution in [3.63, 3.8) is 0 Å². The molecular formula is C9H15ClF3NO2. The molecule has 0 spiro atoms. The van der Waals surface area contributed by atoms with E-state index >= 15 is 0 Å². The van der Waals surface area contributed by atoms with Gasteiger partial charge in [-0.3, -0.25) is 4.79 Å². The first kappa shape index (κ1) is 15.5. The number of carboxylic acids is 1. The Bertz CT molecular complexity index is 235. The molecule has 1 atom stereocenters. The molecule has 1 saturated heterocycles. The second-order valence-electron chi connectivity index (χ2n) is 3.83. The van der Waals surface area contributed by atoms with Crippen molar-refractivity contribution in [3.05, 3.63) is 0 Å². The van der Waals surface area contributed by atoms with Gasteiger partial charge in [0.2, 0.25) is 0 Å². The molecule has 0 radical (unpaired) electrons. The zero-order chi connectivity index (χ0) is 11.5. The lowest BCUT2D eigenvalue weighted by Gasteiger charge is -2.33. The normalized spacial score (nSPS) is 22.6. The number of likely N-dealkylation sites (tertiary alicyclic amines) is 1. The summed E-state index contributed by atoms with van der Waals surface area (Å²) in [5.74, 6) is -2.26. The number of halogens is 4. The number of piperidine rings is 1. The number of hydrogen-bond acceptors (Lipinski definition) is 2. The zero-order valence-electron chi connectivity index (χ0n) is 8.66. The second kappa shape index (κ2) is 6.30. The number of alkyl halides is 3. The number of rotatable bonds is 3. The van der Waals surface area contributed by atoms with E-state index in [1.807, 2.05) is 0 Å². The van der Waals surface area contributed by atoms with Crippen molar-refractivity contribution in [1.29, 1.82) is 0 Å². The van der Waals surface area contributed by atoms with Crippen molar-refractivity contribution in [3.8, 4) is 0 Å². The molecule has 1 rings (SSSR count). The highest BCUT2D eigenvalue weighted by atomic mass is 35.5. The summed E-state index contributed by atoms with van der Waals surface area (Å²) in [4.78, 5) is 11.9. The number of nitrogens with zero attached hydrogens (tertiary/aromatic N) is 1. The first-order valence-corrected chi connectivity index (χ1v) is 4.90. The van der Waals surface area contributed by atoms with Gasteiger partial charge in [-0.05, 0) is 19.4 Å². The molecule has 3 nitrogen and oxygen atoms in total. The van der Waals surface area contributed by atoms with Crippen molar-refractivity contribution in [2.24, 2.45) is 5.92 Å². The topological polar surface area (TPSA) is 40.5 Å². The van der Waals surface area contributed by atoms with Crippen molar-refractivity contribution < 1.29 is 23.1 Å². The third kappa shape index (κ3) is 5.03. The van der Waals surface area contributed by atoms with Gasteiger partial charge in [0.25, 0.3) is 0 Å². The number of hydrogen-bond donors (Lipinski definition) is 1. The van der Waals surface area contributed by atoms with Gasteiger partial charge < -0.3 is 10.0 Å². The average Bonchev–Trinajstić information content (AvgIpc) is 2.14. The van der Waals surface area contributed by atoms with Crippen LogP contribution in [0, 0.1) is 5.92 Å². The van der Waals surface area contributed by atoms with Gasteiger partial charge in [0.1, 0.15) is 0 Å². The van der Waals surface area contributed by atoms with Crippen molar-refractivity contribution in [2.75, 3.05) is 19.6 Å². The summed E-state index contributed by atoms with van der Waals surface area (Å²) in [6.45, 7) is 0.721. The number of aliphatic carboxylic acids is 1. The van der Waals surface area contributed by atoms with Crippen molar-refractivity contribution in [1.82, 2.24) is 4.90 Å². The van der Waals surface area contributed by atoms with Crippen LogP contribution in [0.2, 0.25) is 0 Å². The molecule has 0 amide bonds. The number of carbonyl (C=O) groups is 1. The Morgan fingerprint density at radius 3 is 2.56 bits per heavy atom. The molecule has 0 saturated carbocycles. The van der Waals surface area contributed by atoms with Crippen LogP contribution in [0.1, 0.15) is 19.3 Å². The van der Waals surface area contributed by atoms with E-state index in [2.05, 4.69) is 0 Å². The standard InChI is InChI=1S/C9H14F3NO2.ClH/c10-9(11,12)7-2-1-4-13(6-7)5-3-8(14)15;/h7H,1-6H2,(H,14,15);1H. The highest BCUT2D eigenvalue weighted by molar-refractivity contribution is 5.85. The maximum Gasteiger partial charge on any atom is 0.393 e. The summed E-state index contributed by atoms with van der Waals surface area (Å²) in [6, 6.07) is 0. The maximum absolute atomic E-state index is 12.4. The molecule has 0 aromatic heterocycles. The van der Waals surface area contributed by atoms with Gasteiger partial charge in [0, 0.05) is 13.1 Å². The van der Waals surface area contributed by atoms with Crippen LogP contribution in [0.4, 0.5) is 13.2 Å². The fourth-order valence-electron chi connectivity index (χ4n) is 1.78. The summed E-state index contributed by atoms with van der Waals surface area (Å²) >= 11 is 0. The van der Waals surface area contributed by atoms with Gasteiger partial charge in [0.05, 0.1) is 12.3 Å². The molecule has 0 aliphatic carbocycles. The summed E-state index contributed by atoms with van der Waals surface area (Å²) in [7, 11) is 0. The third-order valence-electron chi connectivity index (χ3n) is 2.61. The Morgan fingerprint density at radius 1 is 1.44 bits per heavy atom. The first-order valence-electron chi connectivity index (χ1n) is 4.90. The largest absolute Gasteiger partial charge is 0.481 e. The summed E-state index contributed by atoms with van der Waals surface area (Å²) in [6.07, 6.45) is -3.59. The van der Waals surface area contributed by atoms with Gasteiger partial charge in [0.15, 0.2) is 0 Å². The minimum atomic E-state index is -4.15. The Hall–Kier alpha value is -0.490. The van der Waals surface area contributed by atoms with E-state index in [1.165, 1.54) is 0 Å².